The molecular weight excluding hydrogens is 1510 g/mol. The van der Waals surface area contributed by atoms with Gasteiger partial charge in [-0.15, -0.1) is 26.8 Å². The second-order valence-electron chi connectivity index (χ2n) is 26.7. The van der Waals surface area contributed by atoms with Crippen molar-refractivity contribution in [1.82, 2.24) is 48.7 Å². The van der Waals surface area contributed by atoms with E-state index in [1.165, 1.54) is 118 Å². The van der Waals surface area contributed by atoms with Crippen LogP contribution >= 0.6 is 41.7 Å². The molecule has 562 valence electrons. The third-order valence-corrected chi connectivity index (χ3v) is 39.7. The fourth-order valence-corrected chi connectivity index (χ4v) is 20.0. The molecule has 0 saturated carbocycles. The number of amides is 3. The summed E-state index contributed by atoms with van der Waals surface area (Å²) in [5, 5.41) is 15.0. The summed E-state index contributed by atoms with van der Waals surface area (Å²) in [6.07, 6.45) is 6.97. The Bertz CT molecular complexity index is 4160. The highest BCUT2D eigenvalue weighted by molar-refractivity contribution is 8.77. The van der Waals surface area contributed by atoms with Crippen molar-refractivity contribution in [3.8, 4) is 0 Å². The number of nitrogens with one attached hydrogen (secondary N) is 5. The minimum atomic E-state index is -3.61. The number of aryl methyl sites for hydroxylation is 1. The van der Waals surface area contributed by atoms with E-state index in [-0.39, 0.29) is 109 Å². The number of fused-ring (bicyclic) bond motifs is 1. The minimum absolute atomic E-state index is 0.0270. The van der Waals surface area contributed by atoms with E-state index in [0.717, 1.165) is 27.2 Å². The Balaban J connectivity index is 0.000000146. The third-order valence-electron chi connectivity index (χ3n) is 20.1. The van der Waals surface area contributed by atoms with E-state index in [1.807, 2.05) is 6.07 Å². The molecule has 8 fully saturated rings. The summed E-state index contributed by atoms with van der Waals surface area (Å²) in [5.41, 5.74) is 1.87. The molecule has 5 unspecified atom stereocenters. The van der Waals surface area contributed by atoms with E-state index in [9.17, 15) is 67.2 Å². The van der Waals surface area contributed by atoms with E-state index < -0.39 is 62.9 Å². The summed E-state index contributed by atoms with van der Waals surface area (Å²) in [6, 6.07) is 35.3. The van der Waals surface area contributed by atoms with Gasteiger partial charge < -0.3 is 25.4 Å². The number of hydrogen-bond donors (Lipinski definition) is 5. The van der Waals surface area contributed by atoms with Gasteiger partial charge in [-0.2, -0.15) is 17.2 Å². The highest BCUT2D eigenvalue weighted by Crippen LogP contribution is 2.71. The van der Waals surface area contributed by atoms with Crippen molar-refractivity contribution in [1.29, 1.82) is 0 Å². The first-order chi connectivity index (χ1) is 49.2. The number of benzene rings is 5. The predicted octanol–water partition coefficient (Wildman–Crippen LogP) is 5.71. The van der Waals surface area contributed by atoms with Crippen LogP contribution in [0.1, 0.15) is 121 Å². The van der Waals surface area contributed by atoms with Gasteiger partial charge in [-0.25, -0.2) is 33.7 Å². The van der Waals surface area contributed by atoms with Gasteiger partial charge in [0.15, 0.2) is 23.1 Å². The summed E-state index contributed by atoms with van der Waals surface area (Å²) >= 11 is 0. The van der Waals surface area contributed by atoms with Crippen LogP contribution in [-0.4, -0.2) is 204 Å². The fourth-order valence-electron chi connectivity index (χ4n) is 14.2. The SMILES string of the molecule is CC(=O)c1ccc(S(=O)(=O)N2CCC3(CC2)NC(=O)CO3)cc1.CC(=O)c1ccc(S(=O)(=O)N2CCC3(CC2)NCC(=O)N3)cc1.CC(=O)c1ccc(S(=O)(=O)N2CCC3(CC2)NCC(=O)O3)cc1.O=C1CN(C2CCc3ccccc3C2)C2(CCN(S(=O)(=O)c3ccccc3)CC2)N1.PPP(P)P. The topological polar surface area (TPSA) is 351 Å². The lowest BCUT2D eigenvalue weighted by Crippen LogP contribution is -2.61. The number of rotatable bonds is 13. The number of carbonyl (C=O) groups is 7. The average molecular weight is 1600 g/mol. The van der Waals surface area contributed by atoms with Crippen LogP contribution in [0.25, 0.3) is 0 Å². The maximum Gasteiger partial charge on any atom is 0.321 e. The number of esters is 1. The monoisotopic (exact) mass is 1600 g/mol. The molecule has 14 rings (SSSR count). The Kier molecular flexibility index (Phi) is 26.6. The van der Waals surface area contributed by atoms with Gasteiger partial charge in [0.05, 0.1) is 50.5 Å². The molecule has 5 atom stereocenters. The lowest BCUT2D eigenvalue weighted by Gasteiger charge is -2.47. The van der Waals surface area contributed by atoms with Gasteiger partial charge in [-0.1, -0.05) is 86.8 Å². The van der Waals surface area contributed by atoms with Crippen molar-refractivity contribution in [3.05, 3.63) is 155 Å². The number of ketones is 3. The first-order valence-corrected chi connectivity index (χ1v) is 48.0. The molecule has 1 aliphatic carbocycles. The second-order valence-corrected chi connectivity index (χ2v) is 48.4. The van der Waals surface area contributed by atoms with Gasteiger partial charge in [-0.3, -0.25) is 49.1 Å². The van der Waals surface area contributed by atoms with Crippen molar-refractivity contribution < 1.29 is 76.7 Å². The van der Waals surface area contributed by atoms with Crippen LogP contribution in [0.3, 0.4) is 0 Å². The number of hydrogen-bond acceptors (Lipinski definition) is 20. The normalized spacial score (nSPS) is 21.8. The smallest absolute Gasteiger partial charge is 0.321 e. The molecule has 36 heteroatoms. The number of carbonyl (C=O) groups excluding carboxylic acids is 7. The summed E-state index contributed by atoms with van der Waals surface area (Å²) in [4.78, 5) is 83.4. The number of sulfonamides is 4. The van der Waals surface area contributed by atoms with Gasteiger partial charge in [0.1, 0.15) is 12.3 Å². The molecule has 0 aromatic heterocycles. The summed E-state index contributed by atoms with van der Waals surface area (Å²) in [6.45, 7) is 8.01. The summed E-state index contributed by atoms with van der Waals surface area (Å²) < 4.78 is 118. The Hall–Kier alpha value is -5.38. The molecule has 5 N–H and O–H groups in total. The highest BCUT2D eigenvalue weighted by atomic mass is 32.8. The standard InChI is InChI=1S/C23H27N3O3S.C15H19N3O4S.2C15H18N2O5S.H7P5/c27-22-17-26(20-11-10-18-6-4-5-7-19(18)16-20)23(24-22)12-14-25(15-13-23)30(28,29)21-8-2-1-3-9-21;1-11(19)12-2-4-13(5-3-12)23(21,22)18-8-6-15(7-9-18)16-10-14(20)17-15;1-11(18)12-2-4-13(5-3-12)23(20,21)17-8-6-15(7-9-17)16-14(19)10-22-15;1-11(18)12-2-4-13(5-3-12)23(20,21)17-8-6-15(7-9-17)16-10-14(19)22-15;1-4-5(2)3/h1-9,20H,10-17H2,(H,24,27);2-5,16H,6-10H2,1H3,(H,17,20);2-5H,6-10H2,1H3,(H,16,19);2-5,16H,6-10H2,1H3;4H,1-3H2. The Morgan fingerprint density at radius 3 is 1.27 bits per heavy atom. The lowest BCUT2D eigenvalue weighted by atomic mass is 9.85. The zero-order valence-electron chi connectivity index (χ0n) is 58.0. The first kappa shape index (κ1) is 81.1. The van der Waals surface area contributed by atoms with E-state index >= 15 is 0 Å². The highest BCUT2D eigenvalue weighted by Gasteiger charge is 2.52. The van der Waals surface area contributed by atoms with Crippen LogP contribution in [0.2, 0.25) is 0 Å². The Morgan fingerprint density at radius 2 is 0.885 bits per heavy atom. The van der Waals surface area contributed by atoms with Crippen LogP contribution in [0.15, 0.2) is 147 Å². The van der Waals surface area contributed by atoms with Crippen molar-refractivity contribution in [2.75, 3.05) is 78.6 Å². The largest absolute Gasteiger partial charge is 0.443 e. The van der Waals surface area contributed by atoms with E-state index in [1.54, 1.807) is 28.6 Å². The molecular formula is C68H89N10O17P5S4. The van der Waals surface area contributed by atoms with Gasteiger partial charge in [0.25, 0.3) is 0 Å². The Morgan fingerprint density at radius 1 is 0.481 bits per heavy atom. The molecule has 9 aliphatic rings. The minimum Gasteiger partial charge on any atom is -0.443 e. The molecule has 27 nitrogen and oxygen atoms in total. The first-order valence-electron chi connectivity index (χ1n) is 34.0. The van der Waals surface area contributed by atoms with Crippen molar-refractivity contribution in [3.63, 3.8) is 0 Å². The molecule has 5 aromatic carbocycles. The quantitative estimate of drug-likeness (QED) is 0.0535. The molecule has 104 heavy (non-hydrogen) atoms. The molecule has 0 radical (unpaired) electrons. The molecule has 3 amide bonds. The van der Waals surface area contributed by atoms with Gasteiger partial charge >= 0.3 is 5.97 Å². The molecule has 0 bridgehead atoms. The maximum atomic E-state index is 13.0. The summed E-state index contributed by atoms with van der Waals surface area (Å²) in [5.74, 6) is -0.792. The fraction of sp³-hybridized carbons (Fsp3) is 0.456. The lowest BCUT2D eigenvalue weighted by molar-refractivity contribution is -0.151. The number of ether oxygens (including phenoxy) is 2. The van der Waals surface area contributed by atoms with Crippen LogP contribution in [0, 0.1) is 0 Å². The second kappa shape index (κ2) is 34.0. The van der Waals surface area contributed by atoms with Crippen LogP contribution in [0.4, 0.5) is 0 Å². The van der Waals surface area contributed by atoms with Gasteiger partial charge in [0, 0.05) is 101 Å². The molecule has 8 aliphatic heterocycles. The van der Waals surface area contributed by atoms with E-state index in [0.29, 0.717) is 112 Å². The molecule has 8 heterocycles. The Labute approximate surface area is 617 Å². The van der Waals surface area contributed by atoms with Gasteiger partial charge in [0.2, 0.25) is 57.8 Å². The average Bonchev–Trinajstić information content (AvgIpc) is 1.56. The zero-order valence-corrected chi connectivity index (χ0v) is 66.6. The third kappa shape index (κ3) is 19.2. The predicted molar refractivity (Wildman–Crippen MR) is 404 cm³/mol. The van der Waals surface area contributed by atoms with Crippen LogP contribution in [-0.2, 0) is 81.6 Å². The molecule has 4 spiro atoms. The van der Waals surface area contributed by atoms with Crippen molar-refractivity contribution in [2.45, 2.75) is 140 Å². The molecule has 8 saturated heterocycles. The van der Waals surface area contributed by atoms with Crippen molar-refractivity contribution in [2.24, 2.45) is 0 Å². The van der Waals surface area contributed by atoms with Gasteiger partial charge in [-0.05, 0) is 132 Å². The number of nitrogens with zero attached hydrogens (tertiary/aromatic N) is 5. The number of piperidine rings is 4. The van der Waals surface area contributed by atoms with Crippen molar-refractivity contribution >= 4 is 123 Å². The van der Waals surface area contributed by atoms with Crippen LogP contribution < -0.4 is 26.6 Å². The number of Topliss-reactive ketones (excluding diaryl/α,β-unsaturated/α-hetero) is 3. The maximum absolute atomic E-state index is 13.0. The molecule has 5 aromatic rings. The summed E-state index contributed by atoms with van der Waals surface area (Å²) in [7, 11) is -5.07. The van der Waals surface area contributed by atoms with Crippen LogP contribution in [0.5, 0.6) is 0 Å². The van der Waals surface area contributed by atoms with E-state index in [2.05, 4.69) is 82.5 Å². The zero-order chi connectivity index (χ0) is 75.0. The van der Waals surface area contributed by atoms with E-state index in [4.69, 9.17) is 9.47 Å².